The van der Waals surface area contributed by atoms with Crippen LogP contribution in [0.3, 0.4) is 0 Å². The Morgan fingerprint density at radius 2 is 1.89 bits per heavy atom. The highest BCUT2D eigenvalue weighted by Crippen LogP contribution is 2.18. The average molecular weight is 284 g/mol. The molecule has 1 aromatic rings. The van der Waals surface area contributed by atoms with E-state index in [1.54, 1.807) is 6.20 Å². The summed E-state index contributed by atoms with van der Waals surface area (Å²) in [4.78, 5) is 11.0. The van der Waals surface area contributed by atoms with E-state index in [2.05, 4.69) is 14.9 Å². The van der Waals surface area contributed by atoms with Crippen LogP contribution in [-0.4, -0.2) is 55.1 Å². The quantitative estimate of drug-likeness (QED) is 0.794. The molecular formula is C12H20N4O2S. The zero-order valence-electron chi connectivity index (χ0n) is 11.6. The van der Waals surface area contributed by atoms with E-state index in [1.165, 1.54) is 10.6 Å². The van der Waals surface area contributed by atoms with E-state index in [9.17, 15) is 8.42 Å². The molecule has 1 fully saturated rings. The lowest BCUT2D eigenvalue weighted by molar-refractivity contribution is 0.437. The van der Waals surface area contributed by atoms with Crippen molar-refractivity contribution in [3.05, 3.63) is 17.6 Å². The maximum Gasteiger partial charge on any atom is 0.211 e. The number of aromatic nitrogens is 2. The van der Waals surface area contributed by atoms with Gasteiger partial charge in [-0.05, 0) is 20.3 Å². The first kappa shape index (κ1) is 14.2. The second-order valence-electron chi connectivity index (χ2n) is 4.92. The van der Waals surface area contributed by atoms with Crippen LogP contribution < -0.4 is 4.90 Å². The average Bonchev–Trinajstić information content (AvgIpc) is 2.57. The fourth-order valence-electron chi connectivity index (χ4n) is 2.26. The molecule has 1 aliphatic heterocycles. The van der Waals surface area contributed by atoms with Crippen LogP contribution in [0.5, 0.6) is 0 Å². The van der Waals surface area contributed by atoms with Crippen molar-refractivity contribution in [3.63, 3.8) is 0 Å². The Morgan fingerprint density at radius 1 is 1.16 bits per heavy atom. The summed E-state index contributed by atoms with van der Waals surface area (Å²) in [6.45, 7) is 6.40. The van der Waals surface area contributed by atoms with Gasteiger partial charge in [-0.3, -0.25) is 4.98 Å². The number of hydrogen-bond acceptors (Lipinski definition) is 5. The molecule has 1 saturated heterocycles. The van der Waals surface area contributed by atoms with Crippen molar-refractivity contribution in [1.82, 2.24) is 14.3 Å². The highest BCUT2D eigenvalue weighted by Gasteiger charge is 2.22. The third-order valence-electron chi connectivity index (χ3n) is 3.27. The highest BCUT2D eigenvalue weighted by molar-refractivity contribution is 7.88. The lowest BCUT2D eigenvalue weighted by Crippen LogP contribution is -2.35. The number of anilines is 1. The van der Waals surface area contributed by atoms with Crippen molar-refractivity contribution in [2.45, 2.75) is 20.3 Å². The minimum atomic E-state index is -3.10. The van der Waals surface area contributed by atoms with Gasteiger partial charge < -0.3 is 4.90 Å². The van der Waals surface area contributed by atoms with Gasteiger partial charge in [-0.25, -0.2) is 17.7 Å². The highest BCUT2D eigenvalue weighted by atomic mass is 32.2. The summed E-state index contributed by atoms with van der Waals surface area (Å²) in [5.74, 6) is 0.871. The van der Waals surface area contributed by atoms with Gasteiger partial charge in [-0.2, -0.15) is 0 Å². The molecule has 0 amide bonds. The summed E-state index contributed by atoms with van der Waals surface area (Å²) in [5, 5.41) is 0. The van der Waals surface area contributed by atoms with Crippen LogP contribution in [0.1, 0.15) is 17.8 Å². The summed E-state index contributed by atoms with van der Waals surface area (Å²) in [7, 11) is -3.10. The Morgan fingerprint density at radius 3 is 2.58 bits per heavy atom. The lowest BCUT2D eigenvalue weighted by Gasteiger charge is -2.23. The molecule has 0 atom stereocenters. The Bertz CT molecular complexity index is 559. The Labute approximate surface area is 114 Å². The van der Waals surface area contributed by atoms with E-state index in [0.29, 0.717) is 19.6 Å². The zero-order valence-corrected chi connectivity index (χ0v) is 12.4. The van der Waals surface area contributed by atoms with Gasteiger partial charge in [0.2, 0.25) is 10.0 Å². The van der Waals surface area contributed by atoms with Crippen LogP contribution in [-0.2, 0) is 10.0 Å². The Balaban J connectivity index is 2.17. The first-order chi connectivity index (χ1) is 8.88. The minimum absolute atomic E-state index is 0.508. The van der Waals surface area contributed by atoms with Gasteiger partial charge in [0, 0.05) is 32.4 Å². The molecule has 0 saturated carbocycles. The number of hydrogen-bond donors (Lipinski definition) is 0. The molecule has 1 aliphatic rings. The monoisotopic (exact) mass is 284 g/mol. The molecule has 2 rings (SSSR count). The van der Waals surface area contributed by atoms with Gasteiger partial charge in [-0.15, -0.1) is 0 Å². The van der Waals surface area contributed by atoms with Gasteiger partial charge >= 0.3 is 0 Å². The van der Waals surface area contributed by atoms with Gasteiger partial charge in [0.1, 0.15) is 5.82 Å². The van der Waals surface area contributed by atoms with Crippen molar-refractivity contribution in [1.29, 1.82) is 0 Å². The maximum atomic E-state index is 11.6. The molecule has 0 aromatic carbocycles. The van der Waals surface area contributed by atoms with E-state index >= 15 is 0 Å². The number of nitrogens with zero attached hydrogens (tertiary/aromatic N) is 4. The molecule has 7 heteroatoms. The van der Waals surface area contributed by atoms with Crippen LogP contribution in [0.15, 0.2) is 6.20 Å². The van der Waals surface area contributed by atoms with Crippen molar-refractivity contribution in [2.24, 2.45) is 0 Å². The summed E-state index contributed by atoms with van der Waals surface area (Å²) in [6, 6.07) is 0. The van der Waals surface area contributed by atoms with Crippen molar-refractivity contribution < 1.29 is 8.42 Å². The summed E-state index contributed by atoms with van der Waals surface area (Å²) in [5.41, 5.74) is 1.77. The molecule has 106 valence electrons. The van der Waals surface area contributed by atoms with Crippen LogP contribution in [0.4, 0.5) is 5.82 Å². The van der Waals surface area contributed by atoms with E-state index in [0.717, 1.165) is 30.2 Å². The minimum Gasteiger partial charge on any atom is -0.354 e. The fourth-order valence-corrected chi connectivity index (χ4v) is 3.14. The fraction of sp³-hybridized carbons (Fsp3) is 0.667. The smallest absolute Gasteiger partial charge is 0.211 e. The third kappa shape index (κ3) is 3.42. The Kier molecular flexibility index (Phi) is 4.05. The molecule has 1 aromatic heterocycles. The first-order valence-corrected chi connectivity index (χ1v) is 8.23. The molecule has 0 aliphatic carbocycles. The van der Waals surface area contributed by atoms with E-state index in [-0.39, 0.29) is 0 Å². The molecule has 0 unspecified atom stereocenters. The third-order valence-corrected chi connectivity index (χ3v) is 4.58. The predicted molar refractivity (Wildman–Crippen MR) is 74.8 cm³/mol. The zero-order chi connectivity index (χ0) is 14.0. The summed E-state index contributed by atoms with van der Waals surface area (Å²) in [6.07, 6.45) is 3.82. The van der Waals surface area contributed by atoms with Crippen molar-refractivity contribution >= 4 is 15.8 Å². The van der Waals surface area contributed by atoms with Gasteiger partial charge in [0.25, 0.3) is 0 Å². The van der Waals surface area contributed by atoms with Crippen molar-refractivity contribution in [2.75, 3.05) is 37.3 Å². The molecular weight excluding hydrogens is 264 g/mol. The molecule has 0 spiro atoms. The van der Waals surface area contributed by atoms with Crippen molar-refractivity contribution in [3.8, 4) is 0 Å². The summed E-state index contributed by atoms with van der Waals surface area (Å²) >= 11 is 0. The number of rotatable bonds is 2. The van der Waals surface area contributed by atoms with Crippen LogP contribution in [0, 0.1) is 13.8 Å². The number of sulfonamides is 1. The van der Waals surface area contributed by atoms with E-state index in [4.69, 9.17) is 0 Å². The lowest BCUT2D eigenvalue weighted by atomic mass is 10.3. The normalized spacial score (nSPS) is 18.4. The standard InChI is InChI=1S/C12H20N4O2S/c1-10-9-13-11(2)12(14-10)15-5-4-6-16(8-7-15)19(3,17)18/h9H,4-8H2,1-3H3. The second kappa shape index (κ2) is 5.42. The second-order valence-corrected chi connectivity index (χ2v) is 6.91. The predicted octanol–water partition coefficient (Wildman–Crippen LogP) is 0.565. The SMILES string of the molecule is Cc1cnc(C)c(N2CCCN(S(C)(=O)=O)CC2)n1. The first-order valence-electron chi connectivity index (χ1n) is 6.38. The van der Waals surface area contributed by atoms with Crippen LogP contribution in [0.25, 0.3) is 0 Å². The summed E-state index contributed by atoms with van der Waals surface area (Å²) < 4.78 is 24.7. The Hall–Kier alpha value is -1.21. The van der Waals surface area contributed by atoms with Gasteiger partial charge in [-0.1, -0.05) is 0 Å². The maximum absolute atomic E-state index is 11.6. The molecule has 6 nitrogen and oxygen atoms in total. The largest absolute Gasteiger partial charge is 0.354 e. The van der Waals surface area contributed by atoms with Crippen LogP contribution in [0.2, 0.25) is 0 Å². The van der Waals surface area contributed by atoms with Crippen LogP contribution >= 0.6 is 0 Å². The van der Waals surface area contributed by atoms with Gasteiger partial charge in [0.05, 0.1) is 17.6 Å². The number of aryl methyl sites for hydroxylation is 2. The topological polar surface area (TPSA) is 66.4 Å². The molecule has 2 heterocycles. The molecule has 19 heavy (non-hydrogen) atoms. The molecule has 0 N–H and O–H groups in total. The van der Waals surface area contributed by atoms with Gasteiger partial charge in [0.15, 0.2) is 0 Å². The van der Waals surface area contributed by atoms with E-state index in [1.807, 2.05) is 13.8 Å². The molecule has 0 bridgehead atoms. The van der Waals surface area contributed by atoms with E-state index < -0.39 is 10.0 Å². The molecule has 0 radical (unpaired) electrons.